The highest BCUT2D eigenvalue weighted by Gasteiger charge is 2.03. The average Bonchev–Trinajstić information content (AvgIpc) is 2.29. The summed E-state index contributed by atoms with van der Waals surface area (Å²) >= 11 is 0. The van der Waals surface area contributed by atoms with E-state index in [0.29, 0.717) is 5.69 Å². The summed E-state index contributed by atoms with van der Waals surface area (Å²) in [5, 5.41) is 12.7. The molecule has 2 rings (SSSR count). The molecular weight excluding hydrogens is 213 g/mol. The number of aromatic nitrogens is 3. The smallest absolute Gasteiger partial charge is 0.205 e. The predicted molar refractivity (Wildman–Crippen MR) is 53.5 cm³/mol. The van der Waals surface area contributed by atoms with Crippen molar-refractivity contribution in [2.45, 2.75) is 6.61 Å². The first-order chi connectivity index (χ1) is 7.70. The Morgan fingerprint density at radius 1 is 1.44 bits per heavy atom. The molecule has 5 nitrogen and oxygen atoms in total. The molecule has 0 aromatic carbocycles. The van der Waals surface area contributed by atoms with Crippen LogP contribution in [-0.4, -0.2) is 19.9 Å². The molecule has 0 amide bonds. The molecule has 0 saturated carbocycles. The Kier molecular flexibility index (Phi) is 2.74. The van der Waals surface area contributed by atoms with Crippen molar-refractivity contribution in [3.8, 4) is 5.69 Å². The lowest BCUT2D eigenvalue weighted by atomic mass is 10.4. The zero-order chi connectivity index (χ0) is 11.5. The minimum atomic E-state index is -0.497. The number of aliphatic hydroxyl groups excluding tert-OH is 1. The van der Waals surface area contributed by atoms with Gasteiger partial charge in [0.05, 0.1) is 24.7 Å². The fraction of sp³-hybridized carbons (Fsp3) is 0.100. The molecule has 6 heteroatoms. The van der Waals surface area contributed by atoms with Crippen LogP contribution in [0.2, 0.25) is 0 Å². The van der Waals surface area contributed by atoms with Gasteiger partial charge in [0.15, 0.2) is 0 Å². The van der Waals surface area contributed by atoms with E-state index in [1.54, 1.807) is 0 Å². The number of halogens is 1. The second-order valence-corrected chi connectivity index (χ2v) is 3.09. The Morgan fingerprint density at radius 2 is 2.25 bits per heavy atom. The highest BCUT2D eigenvalue weighted by atomic mass is 19.1. The summed E-state index contributed by atoms with van der Waals surface area (Å²) in [6.07, 6.45) is 3.86. The van der Waals surface area contributed by atoms with Crippen molar-refractivity contribution in [1.29, 1.82) is 0 Å². The zero-order valence-electron chi connectivity index (χ0n) is 8.17. The van der Waals surface area contributed by atoms with Crippen LogP contribution >= 0.6 is 0 Å². The Morgan fingerprint density at radius 3 is 2.94 bits per heavy atom. The van der Waals surface area contributed by atoms with Crippen LogP contribution in [0.4, 0.5) is 4.39 Å². The molecule has 0 fully saturated rings. The topological polar surface area (TPSA) is 68.0 Å². The summed E-state index contributed by atoms with van der Waals surface area (Å²) < 4.78 is 14.2. The summed E-state index contributed by atoms with van der Waals surface area (Å²) in [7, 11) is 0. The Hall–Kier alpha value is -2.08. The highest BCUT2D eigenvalue weighted by Crippen LogP contribution is 2.05. The van der Waals surface area contributed by atoms with Crippen LogP contribution in [0, 0.1) is 5.82 Å². The fourth-order valence-electron chi connectivity index (χ4n) is 1.23. The SMILES string of the molecule is O=c1ccn(-c2cncc(F)c2)nc1CO. The average molecular weight is 221 g/mol. The molecule has 1 N–H and O–H groups in total. The van der Waals surface area contributed by atoms with Gasteiger partial charge >= 0.3 is 0 Å². The third-order valence-corrected chi connectivity index (χ3v) is 1.98. The van der Waals surface area contributed by atoms with Gasteiger partial charge in [0.25, 0.3) is 0 Å². The second-order valence-electron chi connectivity index (χ2n) is 3.09. The number of pyridine rings is 1. The van der Waals surface area contributed by atoms with Crippen LogP contribution in [0.5, 0.6) is 0 Å². The first-order valence-corrected chi connectivity index (χ1v) is 4.51. The van der Waals surface area contributed by atoms with Crippen LogP contribution in [0.3, 0.4) is 0 Å². The number of hydrogen-bond donors (Lipinski definition) is 1. The monoisotopic (exact) mass is 221 g/mol. The van der Waals surface area contributed by atoms with E-state index in [2.05, 4.69) is 10.1 Å². The first kappa shape index (κ1) is 10.4. The molecule has 16 heavy (non-hydrogen) atoms. The lowest BCUT2D eigenvalue weighted by molar-refractivity contribution is 0.273. The number of nitrogens with zero attached hydrogens (tertiary/aromatic N) is 3. The minimum absolute atomic E-state index is 0.00626. The lowest BCUT2D eigenvalue weighted by Gasteiger charge is -2.05. The van der Waals surface area contributed by atoms with Crippen molar-refractivity contribution in [2.75, 3.05) is 0 Å². The van der Waals surface area contributed by atoms with E-state index in [1.165, 1.54) is 29.2 Å². The van der Waals surface area contributed by atoms with Crippen LogP contribution in [0.25, 0.3) is 5.69 Å². The normalized spacial score (nSPS) is 10.4. The van der Waals surface area contributed by atoms with Gasteiger partial charge in [0, 0.05) is 18.3 Å². The van der Waals surface area contributed by atoms with Crippen LogP contribution in [0.15, 0.2) is 35.5 Å². The van der Waals surface area contributed by atoms with Gasteiger partial charge in [0.2, 0.25) is 5.43 Å². The molecule has 0 aliphatic carbocycles. The van der Waals surface area contributed by atoms with Gasteiger partial charge in [-0.1, -0.05) is 0 Å². The molecule has 0 spiro atoms. The van der Waals surface area contributed by atoms with Crippen molar-refractivity contribution in [1.82, 2.24) is 14.8 Å². The summed E-state index contributed by atoms with van der Waals surface area (Å²) in [6, 6.07) is 2.48. The molecule has 0 aliphatic heterocycles. The zero-order valence-corrected chi connectivity index (χ0v) is 8.17. The molecule has 0 radical (unpaired) electrons. The lowest BCUT2D eigenvalue weighted by Crippen LogP contribution is -2.15. The van der Waals surface area contributed by atoms with E-state index in [4.69, 9.17) is 5.11 Å². The van der Waals surface area contributed by atoms with Gasteiger partial charge in [-0.25, -0.2) is 9.07 Å². The third-order valence-electron chi connectivity index (χ3n) is 1.98. The van der Waals surface area contributed by atoms with Gasteiger partial charge in [-0.15, -0.1) is 0 Å². The van der Waals surface area contributed by atoms with E-state index in [-0.39, 0.29) is 11.1 Å². The standard InChI is InChI=1S/C10H8FN3O2/c11-7-3-8(5-12-4-7)14-2-1-10(16)9(6-15)13-14/h1-5,15H,6H2. The van der Waals surface area contributed by atoms with Gasteiger partial charge in [-0.05, 0) is 0 Å². The van der Waals surface area contributed by atoms with E-state index in [1.807, 2.05) is 0 Å². The summed E-state index contributed by atoms with van der Waals surface area (Å²) in [4.78, 5) is 14.8. The molecule has 2 aromatic heterocycles. The summed E-state index contributed by atoms with van der Waals surface area (Å²) in [5.41, 5.74) is 0.0320. The maximum absolute atomic E-state index is 12.9. The van der Waals surface area contributed by atoms with E-state index < -0.39 is 12.4 Å². The van der Waals surface area contributed by atoms with Gasteiger partial charge in [0.1, 0.15) is 11.5 Å². The molecule has 2 heterocycles. The number of rotatable bonds is 2. The van der Waals surface area contributed by atoms with E-state index in [0.717, 1.165) is 6.20 Å². The van der Waals surface area contributed by atoms with Crippen molar-refractivity contribution in [3.05, 3.63) is 52.5 Å². The molecule has 82 valence electrons. The maximum atomic E-state index is 12.9. The van der Waals surface area contributed by atoms with Crippen molar-refractivity contribution in [2.24, 2.45) is 0 Å². The molecule has 0 bridgehead atoms. The molecular formula is C10H8FN3O2. The van der Waals surface area contributed by atoms with Gasteiger partial charge in [-0.3, -0.25) is 9.78 Å². The fourth-order valence-corrected chi connectivity index (χ4v) is 1.23. The van der Waals surface area contributed by atoms with Crippen LogP contribution in [0.1, 0.15) is 5.69 Å². The molecule has 0 atom stereocenters. The number of hydrogen-bond acceptors (Lipinski definition) is 4. The third kappa shape index (κ3) is 1.96. The Bertz CT molecular complexity index is 568. The second kappa shape index (κ2) is 4.19. The van der Waals surface area contributed by atoms with Crippen molar-refractivity contribution >= 4 is 0 Å². The first-order valence-electron chi connectivity index (χ1n) is 4.51. The molecule has 0 unspecified atom stereocenters. The maximum Gasteiger partial charge on any atom is 0.205 e. The number of aliphatic hydroxyl groups is 1. The summed E-state index contributed by atoms with van der Waals surface area (Å²) in [6.45, 7) is -0.456. The van der Waals surface area contributed by atoms with E-state index >= 15 is 0 Å². The van der Waals surface area contributed by atoms with E-state index in [9.17, 15) is 9.18 Å². The van der Waals surface area contributed by atoms with Crippen LogP contribution < -0.4 is 5.43 Å². The quantitative estimate of drug-likeness (QED) is 0.789. The predicted octanol–water partition coefficient (Wildman–Crippen LogP) is 0.259. The Balaban J connectivity index is 2.52. The molecule has 0 aliphatic rings. The van der Waals surface area contributed by atoms with Gasteiger partial charge < -0.3 is 5.11 Å². The molecule has 2 aromatic rings. The highest BCUT2D eigenvalue weighted by molar-refractivity contribution is 5.27. The summed E-state index contributed by atoms with van der Waals surface area (Å²) in [5.74, 6) is -0.497. The Labute approximate surface area is 89.8 Å². The molecule has 0 saturated heterocycles. The largest absolute Gasteiger partial charge is 0.390 e. The van der Waals surface area contributed by atoms with Crippen molar-refractivity contribution in [3.63, 3.8) is 0 Å². The van der Waals surface area contributed by atoms with Crippen molar-refractivity contribution < 1.29 is 9.50 Å². The van der Waals surface area contributed by atoms with Crippen LogP contribution in [-0.2, 0) is 6.61 Å². The minimum Gasteiger partial charge on any atom is -0.390 e. The van der Waals surface area contributed by atoms with Gasteiger partial charge in [-0.2, -0.15) is 5.10 Å².